The van der Waals surface area contributed by atoms with E-state index >= 15 is 0 Å². The summed E-state index contributed by atoms with van der Waals surface area (Å²) in [5, 5.41) is 17.9. The Morgan fingerprint density at radius 3 is 2.84 bits per heavy atom. The predicted molar refractivity (Wildman–Crippen MR) is 70.2 cm³/mol. The molecule has 0 aromatic carbocycles. The van der Waals surface area contributed by atoms with E-state index in [9.17, 15) is 8.42 Å². The molecular formula is C10H11N5O2S2. The van der Waals surface area contributed by atoms with Crippen LogP contribution in [-0.2, 0) is 10.0 Å². The molecule has 0 saturated carbocycles. The van der Waals surface area contributed by atoms with Crippen molar-refractivity contribution in [3.05, 3.63) is 22.5 Å². The number of hydrogen-bond acceptors (Lipinski definition) is 6. The van der Waals surface area contributed by atoms with Crippen LogP contribution in [0.2, 0.25) is 0 Å². The fraction of sp³-hybridized carbons (Fsp3) is 0.300. The van der Waals surface area contributed by atoms with Gasteiger partial charge in [-0.3, -0.25) is 4.72 Å². The fourth-order valence-corrected chi connectivity index (χ4v) is 3.51. The van der Waals surface area contributed by atoms with Crippen molar-refractivity contribution in [1.29, 1.82) is 5.26 Å². The topological polar surface area (TPSA) is 101 Å². The Balaban J connectivity index is 2.29. The highest BCUT2D eigenvalue weighted by Crippen LogP contribution is 2.22. The van der Waals surface area contributed by atoms with Gasteiger partial charge in [-0.1, -0.05) is 5.21 Å². The predicted octanol–water partition coefficient (Wildman–Crippen LogP) is 1.59. The first-order valence-corrected chi connectivity index (χ1v) is 7.72. The van der Waals surface area contributed by atoms with Crippen LogP contribution in [0.25, 0.3) is 0 Å². The number of nitrogens with zero attached hydrogens (tertiary/aromatic N) is 4. The minimum absolute atomic E-state index is 0.0425. The molecule has 7 nitrogen and oxygen atoms in total. The summed E-state index contributed by atoms with van der Waals surface area (Å²) in [6.07, 6.45) is 1.50. The number of nitrogens with one attached hydrogen (secondary N) is 1. The summed E-state index contributed by atoms with van der Waals surface area (Å²) in [7, 11) is -3.80. The van der Waals surface area contributed by atoms with E-state index in [1.165, 1.54) is 16.9 Å². The lowest BCUT2D eigenvalue weighted by molar-refractivity contribution is 0.514. The fourth-order valence-electron chi connectivity index (χ4n) is 1.36. The summed E-state index contributed by atoms with van der Waals surface area (Å²) in [6.45, 7) is 3.80. The average molecular weight is 297 g/mol. The minimum Gasteiger partial charge on any atom is -0.260 e. The van der Waals surface area contributed by atoms with Crippen LogP contribution in [0.1, 0.15) is 24.8 Å². The summed E-state index contributed by atoms with van der Waals surface area (Å²) < 4.78 is 28.0. The van der Waals surface area contributed by atoms with Gasteiger partial charge in [-0.05, 0) is 25.3 Å². The summed E-state index contributed by atoms with van der Waals surface area (Å²) in [4.78, 5) is 0.0999. The summed E-state index contributed by atoms with van der Waals surface area (Å²) in [6, 6.07) is 3.32. The molecule has 0 unspecified atom stereocenters. The van der Waals surface area contributed by atoms with Gasteiger partial charge in [0, 0.05) is 6.04 Å². The van der Waals surface area contributed by atoms with Gasteiger partial charge in [-0.2, -0.15) is 5.26 Å². The third kappa shape index (κ3) is 2.74. The molecule has 2 aromatic heterocycles. The van der Waals surface area contributed by atoms with Crippen LogP contribution in [0.3, 0.4) is 0 Å². The molecule has 2 rings (SSSR count). The van der Waals surface area contributed by atoms with Gasteiger partial charge < -0.3 is 0 Å². The van der Waals surface area contributed by atoms with E-state index in [-0.39, 0.29) is 21.6 Å². The zero-order valence-corrected chi connectivity index (χ0v) is 11.9. The van der Waals surface area contributed by atoms with Crippen molar-refractivity contribution in [2.24, 2.45) is 0 Å². The van der Waals surface area contributed by atoms with Gasteiger partial charge in [0.05, 0.1) is 6.20 Å². The maximum atomic E-state index is 12.1. The Bertz CT molecular complexity index is 723. The van der Waals surface area contributed by atoms with Crippen LogP contribution in [0.5, 0.6) is 0 Å². The first-order chi connectivity index (χ1) is 8.94. The molecule has 1 N–H and O–H groups in total. The van der Waals surface area contributed by atoms with Gasteiger partial charge in [-0.25, -0.2) is 13.1 Å². The number of hydrogen-bond donors (Lipinski definition) is 1. The van der Waals surface area contributed by atoms with Crippen LogP contribution < -0.4 is 4.72 Å². The highest BCUT2D eigenvalue weighted by molar-refractivity contribution is 7.93. The van der Waals surface area contributed by atoms with Crippen molar-refractivity contribution < 1.29 is 8.42 Å². The Labute approximate surface area is 114 Å². The number of aromatic nitrogens is 3. The van der Waals surface area contributed by atoms with Crippen LogP contribution in [0.4, 0.5) is 5.82 Å². The first-order valence-electron chi connectivity index (χ1n) is 5.36. The minimum atomic E-state index is -3.80. The number of anilines is 1. The van der Waals surface area contributed by atoms with E-state index in [0.29, 0.717) is 0 Å². The molecule has 0 saturated heterocycles. The zero-order valence-electron chi connectivity index (χ0n) is 10.2. The first kappa shape index (κ1) is 13.5. The van der Waals surface area contributed by atoms with Crippen molar-refractivity contribution in [3.8, 4) is 6.07 Å². The Kier molecular flexibility index (Phi) is 3.55. The maximum absolute atomic E-state index is 12.1. The normalized spacial score (nSPS) is 11.5. The highest BCUT2D eigenvalue weighted by Gasteiger charge is 2.21. The quantitative estimate of drug-likeness (QED) is 0.923. The Morgan fingerprint density at radius 1 is 1.53 bits per heavy atom. The molecule has 0 aliphatic carbocycles. The van der Waals surface area contributed by atoms with Crippen molar-refractivity contribution in [3.63, 3.8) is 0 Å². The smallest absolute Gasteiger partial charge is 0.260 e. The second-order valence-electron chi connectivity index (χ2n) is 4.01. The number of thiophene rings is 1. The lowest BCUT2D eigenvalue weighted by Crippen LogP contribution is -2.13. The third-order valence-electron chi connectivity index (χ3n) is 2.30. The third-order valence-corrected chi connectivity index (χ3v) is 4.64. The van der Waals surface area contributed by atoms with Gasteiger partial charge in [0.1, 0.15) is 15.8 Å². The monoisotopic (exact) mass is 297 g/mol. The molecule has 0 spiro atoms. The molecule has 0 radical (unpaired) electrons. The van der Waals surface area contributed by atoms with Crippen molar-refractivity contribution in [1.82, 2.24) is 15.0 Å². The summed E-state index contributed by atoms with van der Waals surface area (Å²) in [5.74, 6) is 0.129. The van der Waals surface area contributed by atoms with E-state index in [1.54, 1.807) is 5.38 Å². The summed E-state index contributed by atoms with van der Waals surface area (Å²) in [5.41, 5.74) is 0. The number of sulfonamides is 1. The van der Waals surface area contributed by atoms with Crippen LogP contribution in [-0.4, -0.2) is 23.4 Å². The molecule has 2 aromatic rings. The molecule has 2 heterocycles. The van der Waals surface area contributed by atoms with E-state index < -0.39 is 10.0 Å². The van der Waals surface area contributed by atoms with Gasteiger partial charge in [0.2, 0.25) is 0 Å². The molecule has 100 valence electrons. The van der Waals surface area contributed by atoms with Crippen molar-refractivity contribution >= 4 is 27.2 Å². The lowest BCUT2D eigenvalue weighted by Gasteiger charge is -2.03. The molecule has 0 aliphatic rings. The second-order valence-corrected chi connectivity index (χ2v) is 6.58. The number of nitriles is 1. The molecule has 0 atom stereocenters. The Hall–Kier alpha value is -1.92. The molecule has 19 heavy (non-hydrogen) atoms. The van der Waals surface area contributed by atoms with E-state index in [1.807, 2.05) is 19.9 Å². The molecule has 0 bridgehead atoms. The lowest BCUT2D eigenvalue weighted by atomic mass is 10.4. The Morgan fingerprint density at radius 2 is 2.26 bits per heavy atom. The highest BCUT2D eigenvalue weighted by atomic mass is 32.2. The molecule has 9 heteroatoms. The molecule has 0 fully saturated rings. The van der Waals surface area contributed by atoms with E-state index in [0.717, 1.165) is 11.3 Å². The SMILES string of the molecule is CC(C)n1cc(NS(=O)(=O)c2ccsc2C#N)nn1. The van der Waals surface area contributed by atoms with Gasteiger partial charge in [0.25, 0.3) is 10.0 Å². The van der Waals surface area contributed by atoms with Crippen LogP contribution in [0.15, 0.2) is 22.5 Å². The summed E-state index contributed by atoms with van der Waals surface area (Å²) >= 11 is 1.08. The van der Waals surface area contributed by atoms with Gasteiger partial charge in [-0.15, -0.1) is 16.4 Å². The molecule has 0 aliphatic heterocycles. The average Bonchev–Trinajstić information content (AvgIpc) is 2.95. The van der Waals surface area contributed by atoms with Gasteiger partial charge >= 0.3 is 0 Å². The van der Waals surface area contributed by atoms with Crippen molar-refractivity contribution in [2.75, 3.05) is 4.72 Å². The van der Waals surface area contributed by atoms with E-state index in [2.05, 4.69) is 15.0 Å². The zero-order chi connectivity index (χ0) is 14.0. The largest absolute Gasteiger partial charge is 0.265 e. The maximum Gasteiger partial charge on any atom is 0.265 e. The van der Waals surface area contributed by atoms with E-state index in [4.69, 9.17) is 5.26 Å². The molecular weight excluding hydrogens is 286 g/mol. The standard InChI is InChI=1S/C10H11N5O2S2/c1-7(2)15-6-10(12-14-15)13-19(16,17)9-3-4-18-8(9)5-11/h3-4,6-7,13H,1-2H3. The van der Waals surface area contributed by atoms with Gasteiger partial charge in [0.15, 0.2) is 5.82 Å². The molecule has 0 amide bonds. The van der Waals surface area contributed by atoms with Crippen LogP contribution in [0, 0.1) is 11.3 Å². The van der Waals surface area contributed by atoms with Crippen molar-refractivity contribution in [2.45, 2.75) is 24.8 Å². The second kappa shape index (κ2) is 4.99. The number of rotatable bonds is 4. The van der Waals surface area contributed by atoms with Crippen LogP contribution >= 0.6 is 11.3 Å².